The topological polar surface area (TPSA) is 43.1 Å². The van der Waals surface area contributed by atoms with Gasteiger partial charge in [0.2, 0.25) is 5.16 Å². The molecular formula is C17H14Cl2N4S. The van der Waals surface area contributed by atoms with Gasteiger partial charge in [0.25, 0.3) is 0 Å². The van der Waals surface area contributed by atoms with Gasteiger partial charge in [-0.25, -0.2) is 0 Å². The molecule has 7 heteroatoms. The van der Waals surface area contributed by atoms with E-state index < -0.39 is 0 Å². The van der Waals surface area contributed by atoms with E-state index in [4.69, 9.17) is 23.2 Å². The number of nitrogens with zero attached hydrogens (tertiary/aromatic N) is 4. The van der Waals surface area contributed by atoms with Crippen LogP contribution in [0.3, 0.4) is 0 Å². The average molecular weight is 377 g/mol. The quantitative estimate of drug-likeness (QED) is 0.451. The first-order valence-electron chi connectivity index (χ1n) is 7.32. The van der Waals surface area contributed by atoms with Crippen molar-refractivity contribution < 1.29 is 0 Å². The highest BCUT2D eigenvalue weighted by atomic mass is 35.5. The Morgan fingerprint density at radius 3 is 2.54 bits per heavy atom. The minimum absolute atomic E-state index is 0.645. The van der Waals surface area contributed by atoms with Crippen LogP contribution >= 0.6 is 35.0 Å². The number of hydrogen-bond acceptors (Lipinski definition) is 4. The minimum Gasteiger partial charge on any atom is -0.187 e. The predicted molar refractivity (Wildman–Crippen MR) is 101 cm³/mol. The van der Waals surface area contributed by atoms with Crippen LogP contribution in [0.25, 0.3) is 11.4 Å². The summed E-state index contributed by atoms with van der Waals surface area (Å²) in [5.74, 6) is 1.53. The Hall–Kier alpha value is -1.82. The van der Waals surface area contributed by atoms with Crippen molar-refractivity contribution in [2.45, 2.75) is 12.1 Å². The van der Waals surface area contributed by atoms with Gasteiger partial charge in [-0.15, -0.1) is 10.2 Å². The lowest BCUT2D eigenvalue weighted by atomic mass is 10.2. The van der Waals surface area contributed by atoms with Gasteiger partial charge < -0.3 is 0 Å². The van der Waals surface area contributed by atoms with Gasteiger partial charge in [0.1, 0.15) is 0 Å². The summed E-state index contributed by atoms with van der Waals surface area (Å²) in [5.41, 5.74) is 1.73. The first-order valence-corrected chi connectivity index (χ1v) is 9.06. The third-order valence-electron chi connectivity index (χ3n) is 3.21. The van der Waals surface area contributed by atoms with Crippen LogP contribution in [0, 0.1) is 0 Å². The Balaban J connectivity index is 2.02. The summed E-state index contributed by atoms with van der Waals surface area (Å²) in [6.45, 7) is 2.06. The second kappa shape index (κ2) is 7.83. The van der Waals surface area contributed by atoms with Crippen molar-refractivity contribution in [2.75, 3.05) is 5.75 Å². The third kappa shape index (κ3) is 3.80. The summed E-state index contributed by atoms with van der Waals surface area (Å²) in [4.78, 5) is 0. The molecule has 0 radical (unpaired) electrons. The lowest BCUT2D eigenvalue weighted by Gasteiger charge is -2.04. The third-order valence-corrected chi connectivity index (χ3v) is 4.60. The molecule has 0 N–H and O–H groups in total. The summed E-state index contributed by atoms with van der Waals surface area (Å²) in [6, 6.07) is 15.0. The molecule has 0 aliphatic rings. The molecule has 0 saturated carbocycles. The molecule has 0 saturated heterocycles. The van der Waals surface area contributed by atoms with Gasteiger partial charge in [-0.1, -0.05) is 60.1 Å². The first-order chi connectivity index (χ1) is 11.7. The lowest BCUT2D eigenvalue weighted by Crippen LogP contribution is -1.97. The number of halogens is 2. The van der Waals surface area contributed by atoms with E-state index in [2.05, 4.69) is 22.2 Å². The highest BCUT2D eigenvalue weighted by Gasteiger charge is 2.13. The Kier molecular flexibility index (Phi) is 5.56. The Labute approximate surface area is 154 Å². The van der Waals surface area contributed by atoms with Gasteiger partial charge in [0, 0.05) is 21.2 Å². The van der Waals surface area contributed by atoms with E-state index in [1.54, 1.807) is 22.7 Å². The molecule has 0 unspecified atom stereocenters. The molecule has 0 aliphatic carbocycles. The van der Waals surface area contributed by atoms with Gasteiger partial charge >= 0.3 is 0 Å². The maximum atomic E-state index is 6.19. The largest absolute Gasteiger partial charge is 0.212 e. The molecule has 24 heavy (non-hydrogen) atoms. The standard InChI is InChI=1S/C17H14Cl2N4S/c1-2-24-17-22-21-16(12-7-9-14(18)10-8-12)23(17)20-11-13-5-3-4-6-15(13)19/h3-11H,2H2,1H3. The van der Waals surface area contributed by atoms with Crippen LogP contribution in [-0.2, 0) is 0 Å². The molecule has 0 atom stereocenters. The van der Waals surface area contributed by atoms with Crippen molar-refractivity contribution >= 4 is 41.2 Å². The Morgan fingerprint density at radius 1 is 1.08 bits per heavy atom. The number of aromatic nitrogens is 3. The van der Waals surface area contributed by atoms with E-state index >= 15 is 0 Å². The first kappa shape index (κ1) is 17.0. The monoisotopic (exact) mass is 376 g/mol. The lowest BCUT2D eigenvalue weighted by molar-refractivity contribution is 0.773. The van der Waals surface area contributed by atoms with Crippen LogP contribution in [0.4, 0.5) is 0 Å². The molecule has 1 aromatic heterocycles. The van der Waals surface area contributed by atoms with Crippen LogP contribution in [0.1, 0.15) is 12.5 Å². The van der Waals surface area contributed by atoms with E-state index in [1.807, 2.05) is 48.5 Å². The van der Waals surface area contributed by atoms with Gasteiger partial charge in [-0.2, -0.15) is 9.78 Å². The van der Waals surface area contributed by atoms with Crippen LogP contribution in [-0.4, -0.2) is 26.8 Å². The predicted octanol–water partition coefficient (Wildman–Crippen LogP) is 5.25. The van der Waals surface area contributed by atoms with Crippen molar-refractivity contribution in [1.29, 1.82) is 0 Å². The summed E-state index contributed by atoms with van der Waals surface area (Å²) < 4.78 is 1.72. The molecule has 0 bridgehead atoms. The van der Waals surface area contributed by atoms with Crippen LogP contribution < -0.4 is 0 Å². The zero-order valence-corrected chi connectivity index (χ0v) is 15.2. The fourth-order valence-electron chi connectivity index (χ4n) is 2.07. The van der Waals surface area contributed by atoms with E-state index in [0.717, 1.165) is 22.0 Å². The SMILES string of the molecule is CCSc1nnc(-c2ccc(Cl)cc2)n1N=Cc1ccccc1Cl. The summed E-state index contributed by atoms with van der Waals surface area (Å²) >= 11 is 13.7. The number of thioether (sulfide) groups is 1. The maximum Gasteiger partial charge on any atom is 0.212 e. The van der Waals surface area contributed by atoms with Gasteiger partial charge in [0.15, 0.2) is 5.82 Å². The summed E-state index contributed by atoms with van der Waals surface area (Å²) in [7, 11) is 0. The van der Waals surface area contributed by atoms with Crippen molar-refractivity contribution in [1.82, 2.24) is 14.9 Å². The molecule has 2 aromatic carbocycles. The van der Waals surface area contributed by atoms with E-state index in [-0.39, 0.29) is 0 Å². The fraction of sp³-hybridized carbons (Fsp3) is 0.118. The normalized spacial score (nSPS) is 11.3. The van der Waals surface area contributed by atoms with E-state index in [0.29, 0.717) is 15.9 Å². The van der Waals surface area contributed by atoms with Crippen molar-refractivity contribution in [2.24, 2.45) is 5.10 Å². The minimum atomic E-state index is 0.645. The van der Waals surface area contributed by atoms with Gasteiger partial charge in [-0.05, 0) is 36.1 Å². The number of benzene rings is 2. The zero-order chi connectivity index (χ0) is 16.9. The molecular weight excluding hydrogens is 363 g/mol. The highest BCUT2D eigenvalue weighted by Crippen LogP contribution is 2.25. The molecule has 3 aromatic rings. The molecule has 3 rings (SSSR count). The molecule has 122 valence electrons. The maximum absolute atomic E-state index is 6.19. The molecule has 0 fully saturated rings. The molecule has 0 aliphatic heterocycles. The van der Waals surface area contributed by atoms with E-state index in [1.165, 1.54) is 0 Å². The van der Waals surface area contributed by atoms with Crippen LogP contribution in [0.5, 0.6) is 0 Å². The van der Waals surface area contributed by atoms with Crippen molar-refractivity contribution in [3.63, 3.8) is 0 Å². The second-order valence-corrected chi connectivity index (χ2v) is 6.90. The summed E-state index contributed by atoms with van der Waals surface area (Å²) in [6.07, 6.45) is 1.71. The number of hydrogen-bond donors (Lipinski definition) is 0. The summed E-state index contributed by atoms with van der Waals surface area (Å²) in [5, 5.41) is 15.1. The Morgan fingerprint density at radius 2 is 1.83 bits per heavy atom. The fourth-order valence-corrected chi connectivity index (χ4v) is 2.99. The highest BCUT2D eigenvalue weighted by molar-refractivity contribution is 7.99. The van der Waals surface area contributed by atoms with Crippen LogP contribution in [0.2, 0.25) is 10.0 Å². The van der Waals surface area contributed by atoms with E-state index in [9.17, 15) is 0 Å². The van der Waals surface area contributed by atoms with Crippen molar-refractivity contribution in [3.05, 3.63) is 64.1 Å². The average Bonchev–Trinajstić information content (AvgIpc) is 2.98. The van der Waals surface area contributed by atoms with Crippen molar-refractivity contribution in [3.8, 4) is 11.4 Å². The van der Waals surface area contributed by atoms with Gasteiger partial charge in [0.05, 0.1) is 6.21 Å². The smallest absolute Gasteiger partial charge is 0.187 e. The zero-order valence-electron chi connectivity index (χ0n) is 12.9. The molecule has 4 nitrogen and oxygen atoms in total. The Bertz CT molecular complexity index is 859. The number of rotatable bonds is 5. The molecule has 0 spiro atoms. The van der Waals surface area contributed by atoms with Gasteiger partial charge in [-0.3, -0.25) is 0 Å². The second-order valence-electron chi connectivity index (χ2n) is 4.82. The molecule has 1 heterocycles. The molecule has 0 amide bonds. The van der Waals surface area contributed by atoms with Crippen LogP contribution in [0.15, 0.2) is 58.8 Å².